The van der Waals surface area contributed by atoms with E-state index in [-0.39, 0.29) is 11.9 Å². The summed E-state index contributed by atoms with van der Waals surface area (Å²) in [4.78, 5) is 28.6. The topological polar surface area (TPSA) is 76.4 Å². The minimum Gasteiger partial charge on any atom is -0.337 e. The van der Waals surface area contributed by atoms with Crippen molar-refractivity contribution in [3.05, 3.63) is 64.7 Å². The number of hydrogen-bond acceptors (Lipinski definition) is 3. The lowest BCUT2D eigenvalue weighted by molar-refractivity contribution is 0.0762. The number of halogens is 1. The molecule has 3 amide bonds. The zero-order valence-electron chi connectivity index (χ0n) is 14.7. The highest BCUT2D eigenvalue weighted by Crippen LogP contribution is 2.16. The summed E-state index contributed by atoms with van der Waals surface area (Å²) in [5.74, 6) is -0.121. The van der Waals surface area contributed by atoms with Crippen molar-refractivity contribution < 1.29 is 9.59 Å². The van der Waals surface area contributed by atoms with Crippen LogP contribution < -0.4 is 5.32 Å². The smallest absolute Gasteiger partial charge is 0.321 e. The average molecular weight is 383 g/mol. The van der Waals surface area contributed by atoms with E-state index in [1.807, 2.05) is 6.07 Å². The Kier molecular flexibility index (Phi) is 5.94. The molecule has 2 aromatic carbocycles. The van der Waals surface area contributed by atoms with Crippen LogP contribution in [0.4, 0.5) is 10.5 Å². The van der Waals surface area contributed by atoms with Gasteiger partial charge in [-0.3, -0.25) is 4.79 Å². The largest absolute Gasteiger partial charge is 0.337 e. The second-order valence-electron chi connectivity index (χ2n) is 6.27. The fraction of sp³-hybridized carbons (Fsp3) is 0.250. The van der Waals surface area contributed by atoms with Crippen molar-refractivity contribution in [1.29, 1.82) is 5.26 Å². The molecule has 0 saturated carbocycles. The summed E-state index contributed by atoms with van der Waals surface area (Å²) in [6.45, 7) is 2.01. The summed E-state index contributed by atoms with van der Waals surface area (Å²) in [7, 11) is 0. The molecular formula is C20H19ClN4O2. The van der Waals surface area contributed by atoms with Gasteiger partial charge in [-0.2, -0.15) is 5.26 Å². The number of anilines is 1. The molecule has 1 fully saturated rings. The SMILES string of the molecule is N#Cc1cccc(C(=O)N2CCCN(C(=O)Nc3cccc(Cl)c3)CC2)c1. The first-order valence-electron chi connectivity index (χ1n) is 8.68. The van der Waals surface area contributed by atoms with Crippen molar-refractivity contribution in [1.82, 2.24) is 9.80 Å². The summed E-state index contributed by atoms with van der Waals surface area (Å²) >= 11 is 5.94. The number of nitrogens with one attached hydrogen (secondary N) is 1. The van der Waals surface area contributed by atoms with Crippen LogP contribution in [-0.2, 0) is 0 Å². The number of carbonyl (C=O) groups excluding carboxylic acids is 2. The summed E-state index contributed by atoms with van der Waals surface area (Å²) in [6, 6.07) is 15.5. The molecule has 3 rings (SSSR count). The minimum absolute atomic E-state index is 0.121. The van der Waals surface area contributed by atoms with E-state index < -0.39 is 0 Å². The molecular weight excluding hydrogens is 364 g/mol. The summed E-state index contributed by atoms with van der Waals surface area (Å²) < 4.78 is 0. The zero-order valence-corrected chi connectivity index (χ0v) is 15.4. The Morgan fingerprint density at radius 2 is 1.74 bits per heavy atom. The van der Waals surface area contributed by atoms with Gasteiger partial charge < -0.3 is 15.1 Å². The van der Waals surface area contributed by atoms with E-state index in [4.69, 9.17) is 16.9 Å². The molecule has 2 aromatic rings. The third-order valence-electron chi connectivity index (χ3n) is 4.38. The fourth-order valence-corrected chi connectivity index (χ4v) is 3.19. The summed E-state index contributed by atoms with van der Waals surface area (Å²) in [5.41, 5.74) is 1.59. The maximum Gasteiger partial charge on any atom is 0.321 e. The van der Waals surface area contributed by atoms with E-state index in [2.05, 4.69) is 5.32 Å². The predicted molar refractivity (Wildman–Crippen MR) is 104 cm³/mol. The van der Waals surface area contributed by atoms with Gasteiger partial charge in [0, 0.05) is 42.5 Å². The molecule has 0 unspecified atom stereocenters. The van der Waals surface area contributed by atoms with Crippen LogP contribution in [0.25, 0.3) is 0 Å². The van der Waals surface area contributed by atoms with Crippen LogP contribution in [0.15, 0.2) is 48.5 Å². The maximum absolute atomic E-state index is 12.7. The highest BCUT2D eigenvalue weighted by Gasteiger charge is 2.23. The molecule has 1 heterocycles. The van der Waals surface area contributed by atoms with Crippen LogP contribution in [0.3, 0.4) is 0 Å². The summed E-state index contributed by atoms with van der Waals surface area (Å²) in [6.07, 6.45) is 0.687. The number of benzene rings is 2. The second kappa shape index (κ2) is 8.56. The van der Waals surface area contributed by atoms with E-state index in [1.165, 1.54) is 0 Å². The molecule has 7 heteroatoms. The second-order valence-corrected chi connectivity index (χ2v) is 6.70. The molecule has 1 saturated heterocycles. The maximum atomic E-state index is 12.7. The number of hydrogen-bond donors (Lipinski definition) is 1. The molecule has 1 N–H and O–H groups in total. The molecule has 1 aliphatic heterocycles. The number of amides is 3. The average Bonchev–Trinajstić information content (AvgIpc) is 2.94. The Bertz CT molecular complexity index is 894. The molecule has 0 aliphatic carbocycles. The van der Waals surface area contributed by atoms with E-state index in [0.29, 0.717) is 54.4 Å². The van der Waals surface area contributed by atoms with Gasteiger partial charge in [-0.05, 0) is 42.8 Å². The van der Waals surface area contributed by atoms with E-state index in [1.54, 1.807) is 58.3 Å². The van der Waals surface area contributed by atoms with Crippen LogP contribution >= 0.6 is 11.6 Å². The molecule has 0 bridgehead atoms. The first kappa shape index (κ1) is 18.7. The fourth-order valence-electron chi connectivity index (χ4n) is 3.00. The van der Waals surface area contributed by atoms with Crippen molar-refractivity contribution in [3.8, 4) is 6.07 Å². The first-order chi connectivity index (χ1) is 13.1. The molecule has 0 atom stereocenters. The Labute approximate surface area is 162 Å². The van der Waals surface area contributed by atoms with Crippen LogP contribution in [0.2, 0.25) is 5.02 Å². The Hall–Kier alpha value is -3.04. The van der Waals surface area contributed by atoms with Crippen molar-refractivity contribution in [2.75, 3.05) is 31.5 Å². The Morgan fingerprint density at radius 3 is 2.52 bits per heavy atom. The Balaban J connectivity index is 1.62. The monoisotopic (exact) mass is 382 g/mol. The van der Waals surface area contributed by atoms with Gasteiger partial charge in [-0.1, -0.05) is 23.7 Å². The van der Waals surface area contributed by atoms with Crippen LogP contribution in [0.1, 0.15) is 22.3 Å². The van der Waals surface area contributed by atoms with Crippen LogP contribution in [0, 0.1) is 11.3 Å². The van der Waals surface area contributed by atoms with Gasteiger partial charge in [0.2, 0.25) is 0 Å². The molecule has 6 nitrogen and oxygen atoms in total. The zero-order chi connectivity index (χ0) is 19.2. The van der Waals surface area contributed by atoms with Gasteiger partial charge in [0.1, 0.15) is 0 Å². The third kappa shape index (κ3) is 4.78. The van der Waals surface area contributed by atoms with Gasteiger partial charge in [0.25, 0.3) is 5.91 Å². The van der Waals surface area contributed by atoms with E-state index >= 15 is 0 Å². The quantitative estimate of drug-likeness (QED) is 0.862. The number of urea groups is 1. The number of rotatable bonds is 2. The van der Waals surface area contributed by atoms with Crippen molar-refractivity contribution in [2.45, 2.75) is 6.42 Å². The normalized spacial score (nSPS) is 14.2. The van der Waals surface area contributed by atoms with Gasteiger partial charge in [-0.15, -0.1) is 0 Å². The van der Waals surface area contributed by atoms with Crippen LogP contribution in [-0.4, -0.2) is 47.9 Å². The molecule has 27 heavy (non-hydrogen) atoms. The van der Waals surface area contributed by atoms with Crippen molar-refractivity contribution in [2.24, 2.45) is 0 Å². The lowest BCUT2D eigenvalue weighted by Crippen LogP contribution is -2.39. The van der Waals surface area contributed by atoms with Gasteiger partial charge in [-0.25, -0.2) is 4.79 Å². The van der Waals surface area contributed by atoms with Crippen molar-refractivity contribution >= 4 is 29.2 Å². The van der Waals surface area contributed by atoms with Gasteiger partial charge in [0.15, 0.2) is 0 Å². The highest BCUT2D eigenvalue weighted by molar-refractivity contribution is 6.30. The molecule has 0 spiro atoms. The van der Waals surface area contributed by atoms with E-state index in [0.717, 1.165) is 0 Å². The highest BCUT2D eigenvalue weighted by atomic mass is 35.5. The number of carbonyl (C=O) groups is 2. The first-order valence-corrected chi connectivity index (χ1v) is 9.05. The van der Waals surface area contributed by atoms with Crippen LogP contribution in [0.5, 0.6) is 0 Å². The molecule has 0 aromatic heterocycles. The lowest BCUT2D eigenvalue weighted by atomic mass is 10.1. The molecule has 138 valence electrons. The summed E-state index contributed by atoms with van der Waals surface area (Å²) in [5, 5.41) is 12.4. The van der Waals surface area contributed by atoms with Crippen molar-refractivity contribution in [3.63, 3.8) is 0 Å². The third-order valence-corrected chi connectivity index (χ3v) is 4.62. The number of nitrogens with zero attached hydrogens (tertiary/aromatic N) is 3. The molecule has 1 aliphatic rings. The van der Waals surface area contributed by atoms with Gasteiger partial charge >= 0.3 is 6.03 Å². The number of nitriles is 1. The minimum atomic E-state index is -0.210. The van der Waals surface area contributed by atoms with E-state index in [9.17, 15) is 9.59 Å². The lowest BCUT2D eigenvalue weighted by Gasteiger charge is -2.22. The Morgan fingerprint density at radius 1 is 1.00 bits per heavy atom. The predicted octanol–water partition coefficient (Wildman–Crippen LogP) is 3.59. The molecule has 0 radical (unpaired) electrons. The standard InChI is InChI=1S/C20H19ClN4O2/c21-17-6-2-7-18(13-17)23-20(27)25-9-3-8-24(10-11-25)19(26)16-5-1-4-15(12-16)14-22/h1-2,4-7,12-13H,3,8-11H2,(H,23,27). The van der Waals surface area contributed by atoms with Gasteiger partial charge in [0.05, 0.1) is 11.6 Å².